The minimum absolute atomic E-state index is 0.00690. The van der Waals surface area contributed by atoms with Crippen LogP contribution in [0.3, 0.4) is 0 Å². The van der Waals surface area contributed by atoms with Crippen LogP contribution in [0.2, 0.25) is 0 Å². The molecule has 6 aliphatic carbocycles. The molecule has 1 aromatic heterocycles. The van der Waals surface area contributed by atoms with Crippen molar-refractivity contribution in [3.05, 3.63) is 198 Å². The van der Waals surface area contributed by atoms with Crippen LogP contribution in [-0.2, 0) is 6.42 Å². The molecule has 7 unspecified atom stereocenters. The third-order valence-electron chi connectivity index (χ3n) is 16.8. The van der Waals surface area contributed by atoms with E-state index in [1.165, 1.54) is 112 Å². The third-order valence-corrected chi connectivity index (χ3v) is 16.8. The summed E-state index contributed by atoms with van der Waals surface area (Å²) in [6, 6.07) is 35.6. The number of para-hydroxylation sites is 1. The van der Waals surface area contributed by atoms with Gasteiger partial charge in [0.05, 0.1) is 23.1 Å². The molecule has 0 N–H and O–H groups in total. The van der Waals surface area contributed by atoms with E-state index in [2.05, 4.69) is 223 Å². The zero-order valence-corrected chi connectivity index (χ0v) is 40.7. The van der Waals surface area contributed by atoms with Gasteiger partial charge in [-0.15, -0.1) is 0 Å². The number of hydrogen-bond donors (Lipinski definition) is 0. The molecule has 7 aliphatic rings. The quantitative estimate of drug-likeness (QED) is 0.137. The van der Waals surface area contributed by atoms with E-state index in [0.29, 0.717) is 23.8 Å². The molecular formula is C64H68N4. The zero-order chi connectivity index (χ0) is 46.0. The third kappa shape index (κ3) is 7.41. The molecule has 1 aliphatic heterocycles. The van der Waals surface area contributed by atoms with Crippen LogP contribution in [0.5, 0.6) is 0 Å². The van der Waals surface area contributed by atoms with E-state index in [0.717, 1.165) is 32.1 Å². The normalized spacial score (nSPS) is 28.0. The fraction of sp³-hybridized carbons (Fsp3) is 0.344. The van der Waals surface area contributed by atoms with Gasteiger partial charge in [-0.2, -0.15) is 0 Å². The van der Waals surface area contributed by atoms with Crippen molar-refractivity contribution in [3.8, 4) is 0 Å². The lowest BCUT2D eigenvalue weighted by Crippen LogP contribution is -2.58. The molecule has 7 atom stereocenters. The Hall–Kier alpha value is -6.26. The average Bonchev–Trinajstić information content (AvgIpc) is 3.85. The van der Waals surface area contributed by atoms with Crippen LogP contribution in [0.15, 0.2) is 176 Å². The molecule has 0 saturated carbocycles. The molecule has 68 heavy (non-hydrogen) atoms. The van der Waals surface area contributed by atoms with Gasteiger partial charge in [-0.05, 0) is 168 Å². The van der Waals surface area contributed by atoms with Crippen molar-refractivity contribution in [1.29, 1.82) is 0 Å². The molecule has 0 spiro atoms. The van der Waals surface area contributed by atoms with Crippen molar-refractivity contribution in [2.45, 2.75) is 127 Å². The molecule has 0 fully saturated rings. The van der Waals surface area contributed by atoms with Gasteiger partial charge in [-0.1, -0.05) is 135 Å². The molecule has 12 rings (SSSR count). The maximum absolute atomic E-state index is 2.85. The largest absolute Gasteiger partial charge is 0.356 e. The predicted molar refractivity (Wildman–Crippen MR) is 289 cm³/mol. The molecule has 0 amide bonds. The Morgan fingerprint density at radius 2 is 1.50 bits per heavy atom. The van der Waals surface area contributed by atoms with Gasteiger partial charge in [0.15, 0.2) is 0 Å². The highest BCUT2D eigenvalue weighted by Gasteiger charge is 2.53. The number of benzene rings is 4. The lowest BCUT2D eigenvalue weighted by Gasteiger charge is -2.52. The number of anilines is 5. The van der Waals surface area contributed by atoms with Crippen LogP contribution in [-0.4, -0.2) is 21.7 Å². The van der Waals surface area contributed by atoms with Crippen molar-refractivity contribution in [1.82, 2.24) is 4.57 Å². The minimum atomic E-state index is -0.00690. The molecule has 0 bridgehead atoms. The SMILES string of the molecule is CC1C=CC(N(c2ccc(C3=CCC(N(c4ccccc4)c4ccc5c6c(n(C7C=CC(C)CC7)c5c4)CCC=C6)C=C3)cc2)c2ccc3c(c2)N(C2(C)C=CCCC2)C2(C)CCC=CC32)=CC1. The maximum Gasteiger partial charge on any atom is 0.0562 e. The van der Waals surface area contributed by atoms with Crippen molar-refractivity contribution in [2.75, 3.05) is 14.7 Å². The van der Waals surface area contributed by atoms with E-state index in [-0.39, 0.29) is 17.1 Å². The number of fused-ring (bicyclic) bond motifs is 6. The molecule has 4 aromatic carbocycles. The van der Waals surface area contributed by atoms with Crippen LogP contribution < -0.4 is 14.7 Å². The van der Waals surface area contributed by atoms with E-state index in [4.69, 9.17) is 0 Å². The first-order chi connectivity index (χ1) is 33.3. The van der Waals surface area contributed by atoms with Gasteiger partial charge in [0.25, 0.3) is 0 Å². The Labute approximate surface area is 405 Å². The summed E-state index contributed by atoms with van der Waals surface area (Å²) in [6.45, 7) is 9.69. The summed E-state index contributed by atoms with van der Waals surface area (Å²) in [5.74, 6) is 1.59. The fourth-order valence-corrected chi connectivity index (χ4v) is 13.3. The fourth-order valence-electron chi connectivity index (χ4n) is 13.3. The molecular weight excluding hydrogens is 825 g/mol. The summed E-state index contributed by atoms with van der Waals surface area (Å²) in [7, 11) is 0. The highest BCUT2D eigenvalue weighted by Crippen LogP contribution is 2.57. The van der Waals surface area contributed by atoms with Gasteiger partial charge < -0.3 is 19.3 Å². The van der Waals surface area contributed by atoms with E-state index in [1.54, 1.807) is 0 Å². The van der Waals surface area contributed by atoms with Crippen LogP contribution in [0.4, 0.5) is 28.4 Å². The number of allylic oxidation sites excluding steroid dienone is 10. The second kappa shape index (κ2) is 17.4. The number of rotatable bonds is 9. The second-order valence-electron chi connectivity index (χ2n) is 21.5. The molecule has 0 saturated heterocycles. The van der Waals surface area contributed by atoms with E-state index < -0.39 is 0 Å². The molecule has 4 nitrogen and oxygen atoms in total. The van der Waals surface area contributed by atoms with Crippen molar-refractivity contribution < 1.29 is 0 Å². The molecule has 2 heterocycles. The molecule has 344 valence electrons. The second-order valence-corrected chi connectivity index (χ2v) is 21.5. The Bertz CT molecular complexity index is 2990. The van der Waals surface area contributed by atoms with E-state index in [1.807, 2.05) is 0 Å². The van der Waals surface area contributed by atoms with Crippen LogP contribution in [0.1, 0.15) is 126 Å². The van der Waals surface area contributed by atoms with Crippen LogP contribution in [0, 0.1) is 11.8 Å². The van der Waals surface area contributed by atoms with Gasteiger partial charge in [0, 0.05) is 62.2 Å². The Kier molecular flexibility index (Phi) is 11.0. The van der Waals surface area contributed by atoms with E-state index in [9.17, 15) is 0 Å². The van der Waals surface area contributed by atoms with Crippen LogP contribution in [0.25, 0.3) is 22.6 Å². The first-order valence-electron chi connectivity index (χ1n) is 26.1. The Balaban J connectivity index is 0.861. The summed E-state index contributed by atoms with van der Waals surface area (Å²) < 4.78 is 2.70. The average molecular weight is 893 g/mol. The maximum atomic E-state index is 2.85. The van der Waals surface area contributed by atoms with Crippen molar-refractivity contribution >= 4 is 51.0 Å². The minimum Gasteiger partial charge on any atom is -0.356 e. The Morgan fingerprint density at radius 3 is 2.26 bits per heavy atom. The smallest absolute Gasteiger partial charge is 0.0562 e. The Morgan fingerprint density at radius 1 is 0.647 bits per heavy atom. The van der Waals surface area contributed by atoms with Crippen molar-refractivity contribution in [2.24, 2.45) is 11.8 Å². The van der Waals surface area contributed by atoms with Gasteiger partial charge in [-0.3, -0.25) is 0 Å². The lowest BCUT2D eigenvalue weighted by molar-refractivity contribution is 0.296. The number of hydrogen-bond acceptors (Lipinski definition) is 3. The first kappa shape index (κ1) is 43.0. The standard InChI is InChI=1S/C64H68N4/c1-45-20-28-50(29-21-45)66(55-37-39-58-59-18-11-14-42-64(59,4)68(62(58)44-55)63(3)40-12-6-13-41-63)52-34-26-48(27-35-52)47-24-32-51(33-25-47)65(49-15-7-5-8-16-49)54-36-38-57-56-17-9-10-19-60(56)67(61(57)43-54)53-30-22-46(2)23-31-53/h5,7-9,11-12,15-18,20,22,24-30,32,34-40,43-46,51,53,59H,6,10,13-14,19,21,23,31,33,41-42H2,1-4H3. The highest BCUT2D eigenvalue weighted by atomic mass is 15.3. The molecule has 4 heteroatoms. The summed E-state index contributed by atoms with van der Waals surface area (Å²) in [6.07, 6.45) is 46.5. The van der Waals surface area contributed by atoms with E-state index >= 15 is 0 Å². The van der Waals surface area contributed by atoms with Gasteiger partial charge in [0.2, 0.25) is 0 Å². The van der Waals surface area contributed by atoms with Crippen LogP contribution >= 0.6 is 0 Å². The molecule has 0 radical (unpaired) electrons. The van der Waals surface area contributed by atoms with Gasteiger partial charge in [0.1, 0.15) is 0 Å². The van der Waals surface area contributed by atoms with Crippen molar-refractivity contribution in [3.63, 3.8) is 0 Å². The monoisotopic (exact) mass is 893 g/mol. The number of nitrogens with zero attached hydrogens (tertiary/aromatic N) is 4. The summed E-state index contributed by atoms with van der Waals surface area (Å²) >= 11 is 0. The predicted octanol–water partition coefficient (Wildman–Crippen LogP) is 16.8. The summed E-state index contributed by atoms with van der Waals surface area (Å²) in [5.41, 5.74) is 15.9. The summed E-state index contributed by atoms with van der Waals surface area (Å²) in [5, 5.41) is 1.38. The zero-order valence-electron chi connectivity index (χ0n) is 40.7. The van der Waals surface area contributed by atoms with Gasteiger partial charge >= 0.3 is 0 Å². The summed E-state index contributed by atoms with van der Waals surface area (Å²) in [4.78, 5) is 7.92. The highest BCUT2D eigenvalue weighted by molar-refractivity contribution is 5.95. The van der Waals surface area contributed by atoms with Gasteiger partial charge in [-0.25, -0.2) is 0 Å². The molecule has 5 aromatic rings. The lowest BCUT2D eigenvalue weighted by atomic mass is 9.74. The first-order valence-corrected chi connectivity index (χ1v) is 26.1. The topological polar surface area (TPSA) is 14.7 Å². The number of aromatic nitrogens is 1.